The van der Waals surface area contributed by atoms with Crippen molar-refractivity contribution in [3.05, 3.63) is 80.0 Å². The summed E-state index contributed by atoms with van der Waals surface area (Å²) in [6.07, 6.45) is 1.72. The lowest BCUT2D eigenvalue weighted by Gasteiger charge is -2.35. The molecule has 1 unspecified atom stereocenters. The molecule has 0 N–H and O–H groups in total. The Hall–Kier alpha value is -2.77. The van der Waals surface area contributed by atoms with Crippen molar-refractivity contribution in [2.75, 3.05) is 6.54 Å². The van der Waals surface area contributed by atoms with E-state index in [1.165, 1.54) is 20.9 Å². The Balaban J connectivity index is 1.30. The third kappa shape index (κ3) is 3.70. The van der Waals surface area contributed by atoms with E-state index in [-0.39, 0.29) is 11.9 Å². The molecule has 7 heteroatoms. The molecule has 1 aromatic carbocycles. The van der Waals surface area contributed by atoms with E-state index in [0.29, 0.717) is 24.6 Å². The highest BCUT2D eigenvalue weighted by molar-refractivity contribution is 7.10. The minimum absolute atomic E-state index is 0.0123. The van der Waals surface area contributed by atoms with E-state index in [9.17, 15) is 4.79 Å². The van der Waals surface area contributed by atoms with Gasteiger partial charge in [-0.05, 0) is 53.9 Å². The number of nitrogens with zero attached hydrogens (tertiary/aromatic N) is 3. The number of aromatic nitrogens is 2. The normalized spacial score (nSPS) is 15.9. The van der Waals surface area contributed by atoms with Crippen LogP contribution >= 0.6 is 22.7 Å². The number of hydrogen-bond donors (Lipinski definition) is 0. The molecular formula is C23H21N3O2S2. The van der Waals surface area contributed by atoms with Crippen LogP contribution in [0.25, 0.3) is 11.5 Å². The molecule has 30 heavy (non-hydrogen) atoms. The molecule has 4 aromatic rings. The Morgan fingerprint density at radius 3 is 2.80 bits per heavy atom. The third-order valence-corrected chi connectivity index (χ3v) is 7.34. The number of rotatable bonds is 5. The zero-order valence-corrected chi connectivity index (χ0v) is 18.2. The maximum atomic E-state index is 13.2. The summed E-state index contributed by atoms with van der Waals surface area (Å²) < 4.78 is 5.80. The lowest BCUT2D eigenvalue weighted by atomic mass is 9.98. The van der Waals surface area contributed by atoms with Gasteiger partial charge in [-0.3, -0.25) is 4.79 Å². The Morgan fingerprint density at radius 2 is 2.00 bits per heavy atom. The predicted octanol–water partition coefficient (Wildman–Crippen LogP) is 5.27. The first-order valence-corrected chi connectivity index (χ1v) is 11.7. The van der Waals surface area contributed by atoms with Crippen LogP contribution in [0.4, 0.5) is 0 Å². The first-order valence-electron chi connectivity index (χ1n) is 9.97. The molecule has 1 aliphatic heterocycles. The first-order chi connectivity index (χ1) is 14.7. The van der Waals surface area contributed by atoms with Crippen molar-refractivity contribution < 1.29 is 9.21 Å². The van der Waals surface area contributed by atoms with Crippen LogP contribution in [0.15, 0.2) is 57.6 Å². The van der Waals surface area contributed by atoms with Gasteiger partial charge in [0, 0.05) is 34.7 Å². The Kier molecular flexibility index (Phi) is 5.23. The summed E-state index contributed by atoms with van der Waals surface area (Å²) in [6.45, 7) is 2.78. The second-order valence-corrected chi connectivity index (χ2v) is 9.40. The van der Waals surface area contributed by atoms with Crippen molar-refractivity contribution in [3.8, 4) is 11.5 Å². The minimum atomic E-state index is 0.0123. The summed E-state index contributed by atoms with van der Waals surface area (Å²) >= 11 is 3.49. The zero-order valence-electron chi connectivity index (χ0n) is 16.6. The fourth-order valence-electron chi connectivity index (χ4n) is 3.86. The number of benzene rings is 1. The molecule has 152 valence electrons. The Labute approximate surface area is 183 Å². The molecular weight excluding hydrogens is 414 g/mol. The summed E-state index contributed by atoms with van der Waals surface area (Å²) in [7, 11) is 0. The van der Waals surface area contributed by atoms with Gasteiger partial charge in [0.05, 0.1) is 6.04 Å². The number of carbonyl (C=O) groups excluding carboxylic acids is 1. The number of thiophene rings is 2. The average molecular weight is 436 g/mol. The first kappa shape index (κ1) is 19.2. The van der Waals surface area contributed by atoms with Gasteiger partial charge in [0.15, 0.2) is 0 Å². The Bertz CT molecular complexity index is 1150. The quantitative estimate of drug-likeness (QED) is 0.428. The highest BCUT2D eigenvalue weighted by Crippen LogP contribution is 2.39. The molecule has 1 aliphatic rings. The van der Waals surface area contributed by atoms with Crippen LogP contribution in [0.2, 0.25) is 0 Å². The molecule has 0 spiro atoms. The molecule has 0 radical (unpaired) electrons. The lowest BCUT2D eigenvalue weighted by Crippen LogP contribution is -2.39. The maximum absolute atomic E-state index is 13.2. The van der Waals surface area contributed by atoms with Gasteiger partial charge < -0.3 is 9.32 Å². The predicted molar refractivity (Wildman–Crippen MR) is 119 cm³/mol. The third-order valence-electron chi connectivity index (χ3n) is 5.42. The van der Waals surface area contributed by atoms with Crippen molar-refractivity contribution >= 4 is 28.6 Å². The molecule has 0 bridgehead atoms. The molecule has 5 nitrogen and oxygen atoms in total. The van der Waals surface area contributed by atoms with Crippen molar-refractivity contribution in [1.29, 1.82) is 0 Å². The van der Waals surface area contributed by atoms with Gasteiger partial charge in [-0.15, -0.1) is 32.9 Å². The molecule has 3 aromatic heterocycles. The minimum Gasteiger partial charge on any atom is -0.421 e. The molecule has 1 atom stereocenters. The molecule has 0 saturated heterocycles. The van der Waals surface area contributed by atoms with Crippen molar-refractivity contribution in [2.45, 2.75) is 32.2 Å². The van der Waals surface area contributed by atoms with Crippen LogP contribution in [0.5, 0.6) is 0 Å². The average Bonchev–Trinajstić information content (AvgIpc) is 3.53. The molecule has 4 heterocycles. The fourth-order valence-corrected chi connectivity index (χ4v) is 5.62. The molecule has 1 amide bonds. The van der Waals surface area contributed by atoms with E-state index in [4.69, 9.17) is 4.42 Å². The summed E-state index contributed by atoms with van der Waals surface area (Å²) in [5.41, 5.74) is 3.34. The van der Waals surface area contributed by atoms with Crippen molar-refractivity contribution in [2.24, 2.45) is 0 Å². The zero-order chi connectivity index (χ0) is 20.5. The monoisotopic (exact) mass is 435 g/mol. The molecule has 0 saturated carbocycles. The van der Waals surface area contributed by atoms with Gasteiger partial charge in [0.2, 0.25) is 17.7 Å². The van der Waals surface area contributed by atoms with Gasteiger partial charge in [-0.1, -0.05) is 23.8 Å². The van der Waals surface area contributed by atoms with Crippen LogP contribution in [-0.2, 0) is 17.6 Å². The number of aryl methyl sites for hydroxylation is 2. The summed E-state index contributed by atoms with van der Waals surface area (Å²) in [5.74, 6) is 1.12. The maximum Gasteiger partial charge on any atom is 0.247 e. The van der Waals surface area contributed by atoms with Crippen molar-refractivity contribution in [1.82, 2.24) is 15.1 Å². The van der Waals surface area contributed by atoms with E-state index in [2.05, 4.69) is 33.1 Å². The second kappa shape index (κ2) is 8.16. The van der Waals surface area contributed by atoms with Crippen LogP contribution in [0, 0.1) is 6.92 Å². The summed E-state index contributed by atoms with van der Waals surface area (Å²) in [6, 6.07) is 14.3. The standard InChI is InChI=1S/C23H21N3O2S2/c1-15-4-6-16(7-5-15)23-25-24-20(28-23)8-9-21(27)26-12-10-18-17(11-14-30-18)22(26)19-3-2-13-29-19/h2-7,11,13-14,22H,8-10,12H2,1H3. The number of fused-ring (bicyclic) bond motifs is 1. The van der Waals surface area contributed by atoms with Crippen LogP contribution < -0.4 is 0 Å². The lowest BCUT2D eigenvalue weighted by molar-refractivity contribution is -0.133. The van der Waals surface area contributed by atoms with Gasteiger partial charge >= 0.3 is 0 Å². The van der Waals surface area contributed by atoms with Crippen LogP contribution in [-0.4, -0.2) is 27.5 Å². The summed E-state index contributed by atoms with van der Waals surface area (Å²) in [4.78, 5) is 17.8. The number of carbonyl (C=O) groups is 1. The largest absolute Gasteiger partial charge is 0.421 e. The number of hydrogen-bond acceptors (Lipinski definition) is 6. The SMILES string of the molecule is Cc1ccc(-c2nnc(CCC(=O)N3CCc4sccc4C3c3cccs3)o2)cc1. The molecule has 0 fully saturated rings. The van der Waals surface area contributed by atoms with Gasteiger partial charge in [0.25, 0.3) is 0 Å². The Morgan fingerprint density at radius 1 is 1.13 bits per heavy atom. The van der Waals surface area contributed by atoms with E-state index < -0.39 is 0 Å². The topological polar surface area (TPSA) is 59.2 Å². The van der Waals surface area contributed by atoms with E-state index in [1.54, 1.807) is 22.7 Å². The fraction of sp³-hybridized carbons (Fsp3) is 0.261. The van der Waals surface area contributed by atoms with E-state index >= 15 is 0 Å². The van der Waals surface area contributed by atoms with Crippen LogP contribution in [0.3, 0.4) is 0 Å². The highest BCUT2D eigenvalue weighted by atomic mass is 32.1. The van der Waals surface area contributed by atoms with E-state index in [1.807, 2.05) is 42.2 Å². The van der Waals surface area contributed by atoms with Gasteiger partial charge in [-0.2, -0.15) is 0 Å². The van der Waals surface area contributed by atoms with Gasteiger partial charge in [-0.25, -0.2) is 0 Å². The number of amides is 1. The molecule has 0 aliphatic carbocycles. The molecule has 5 rings (SSSR count). The van der Waals surface area contributed by atoms with E-state index in [0.717, 1.165) is 18.5 Å². The highest BCUT2D eigenvalue weighted by Gasteiger charge is 2.33. The van der Waals surface area contributed by atoms with Crippen molar-refractivity contribution in [3.63, 3.8) is 0 Å². The smallest absolute Gasteiger partial charge is 0.247 e. The summed E-state index contributed by atoms with van der Waals surface area (Å²) in [5, 5.41) is 12.5. The second-order valence-electron chi connectivity index (χ2n) is 7.42. The van der Waals surface area contributed by atoms with Gasteiger partial charge in [0.1, 0.15) is 0 Å². The van der Waals surface area contributed by atoms with Crippen LogP contribution in [0.1, 0.15) is 39.2 Å².